The molecule has 0 aromatic carbocycles. The summed E-state index contributed by atoms with van der Waals surface area (Å²) < 4.78 is 8.54. The van der Waals surface area contributed by atoms with Crippen LogP contribution >= 0.6 is 0 Å². The second kappa shape index (κ2) is 10.7. The number of esters is 2. The highest BCUT2D eigenvalue weighted by molar-refractivity contribution is 5.70. The van der Waals surface area contributed by atoms with Gasteiger partial charge in [-0.05, 0) is 0 Å². The van der Waals surface area contributed by atoms with Gasteiger partial charge in [-0.25, -0.2) is 0 Å². The van der Waals surface area contributed by atoms with Gasteiger partial charge >= 0.3 is 11.9 Å². The number of hydrogen-bond acceptors (Lipinski definition) is 4. The zero-order valence-corrected chi connectivity index (χ0v) is 8.33. The molecule has 0 amide bonds. The van der Waals surface area contributed by atoms with Gasteiger partial charge in [0.2, 0.25) is 0 Å². The van der Waals surface area contributed by atoms with E-state index in [0.717, 1.165) is 0 Å². The van der Waals surface area contributed by atoms with Crippen LogP contribution in [0, 0.1) is 0 Å². The highest BCUT2D eigenvalue weighted by Gasteiger charge is 1.90. The lowest BCUT2D eigenvalue weighted by Gasteiger charge is -1.88. The maximum Gasteiger partial charge on any atom is 0.309 e. The number of ether oxygens (including phenoxy) is 2. The smallest absolute Gasteiger partial charge is 0.309 e. The average Bonchev–Trinajstić information content (AvgIpc) is 2.18. The van der Waals surface area contributed by atoms with Gasteiger partial charge in [0.25, 0.3) is 0 Å². The zero-order valence-electron chi connectivity index (χ0n) is 8.33. The monoisotopic (exact) mass is 188 g/mol. The van der Waals surface area contributed by atoms with Crippen LogP contribution < -0.4 is 0 Å². The number of carbonyl (C=O) groups excluding carboxylic acids is 2. The first kappa shape index (κ1) is 14.2. The molecule has 0 aliphatic heterocycles. The highest BCUT2D eigenvalue weighted by Crippen LogP contribution is 1.81. The van der Waals surface area contributed by atoms with E-state index in [1.807, 2.05) is 0 Å². The Hall–Kier alpha value is -1.32. The Kier molecular flexibility index (Phi) is 11.7. The summed E-state index contributed by atoms with van der Waals surface area (Å²) in [5, 5.41) is 0. The van der Waals surface area contributed by atoms with Crippen LogP contribution in [0.4, 0.5) is 0 Å². The molecular formula is C9H16O4. The Morgan fingerprint density at radius 3 is 1.77 bits per heavy atom. The molecule has 0 spiro atoms. The molecule has 76 valence electrons. The molecule has 0 saturated carbocycles. The van der Waals surface area contributed by atoms with Gasteiger partial charge in [-0.1, -0.05) is 13.0 Å². The molecule has 0 heterocycles. The summed E-state index contributed by atoms with van der Waals surface area (Å²) in [5.74, 6) is -0.398. The van der Waals surface area contributed by atoms with Crippen molar-refractivity contribution in [3.63, 3.8) is 0 Å². The lowest BCUT2D eigenvalue weighted by molar-refractivity contribution is -0.140. The van der Waals surface area contributed by atoms with Crippen LogP contribution in [0.25, 0.3) is 0 Å². The molecule has 0 radical (unpaired) electrons. The standard InChI is InChI=1S/C5H8O2.C4H8O2/c1-3-4-5(6)7-2;1-3-4(5)6-2/h3H,1,4H2,2H3;3H2,1-2H3. The fraction of sp³-hybridized carbons (Fsp3) is 0.556. The molecule has 13 heavy (non-hydrogen) atoms. The third-order valence-electron chi connectivity index (χ3n) is 1.06. The fourth-order valence-electron chi connectivity index (χ4n) is 0.346. The molecule has 0 bridgehead atoms. The minimum atomic E-state index is -0.241. The van der Waals surface area contributed by atoms with Crippen molar-refractivity contribution in [3.05, 3.63) is 12.7 Å². The Balaban J connectivity index is 0. The van der Waals surface area contributed by atoms with Crippen LogP contribution in [0.5, 0.6) is 0 Å². The van der Waals surface area contributed by atoms with Gasteiger partial charge in [-0.3, -0.25) is 9.59 Å². The number of rotatable bonds is 3. The molecule has 4 nitrogen and oxygen atoms in total. The quantitative estimate of drug-likeness (QED) is 0.495. The van der Waals surface area contributed by atoms with Gasteiger partial charge in [0.1, 0.15) is 0 Å². The Labute approximate surface area is 78.5 Å². The van der Waals surface area contributed by atoms with Gasteiger partial charge < -0.3 is 9.47 Å². The van der Waals surface area contributed by atoms with Gasteiger partial charge in [0.05, 0.1) is 20.6 Å². The largest absolute Gasteiger partial charge is 0.469 e. The maximum absolute atomic E-state index is 10.1. The van der Waals surface area contributed by atoms with Crippen LogP contribution in [-0.4, -0.2) is 26.2 Å². The minimum Gasteiger partial charge on any atom is -0.469 e. The van der Waals surface area contributed by atoms with Crippen molar-refractivity contribution >= 4 is 11.9 Å². The minimum absolute atomic E-state index is 0.157. The molecule has 0 fully saturated rings. The second-order valence-corrected chi connectivity index (χ2v) is 2.00. The third-order valence-corrected chi connectivity index (χ3v) is 1.06. The van der Waals surface area contributed by atoms with E-state index in [2.05, 4.69) is 16.1 Å². The SMILES string of the molecule is C=CCC(=O)OC.CCC(=O)OC. The fourth-order valence-corrected chi connectivity index (χ4v) is 0.346. The first-order chi connectivity index (χ1) is 6.12. The van der Waals surface area contributed by atoms with Crippen molar-refractivity contribution in [2.24, 2.45) is 0 Å². The van der Waals surface area contributed by atoms with E-state index in [0.29, 0.717) is 12.8 Å². The molecular weight excluding hydrogens is 172 g/mol. The van der Waals surface area contributed by atoms with Gasteiger partial charge in [0, 0.05) is 6.42 Å². The Bertz CT molecular complexity index is 157. The summed E-state index contributed by atoms with van der Waals surface area (Å²) in [6.07, 6.45) is 2.28. The van der Waals surface area contributed by atoms with Crippen LogP contribution in [-0.2, 0) is 19.1 Å². The van der Waals surface area contributed by atoms with E-state index in [1.54, 1.807) is 6.92 Å². The lowest BCUT2D eigenvalue weighted by Crippen LogP contribution is -1.95. The Morgan fingerprint density at radius 1 is 1.23 bits per heavy atom. The topological polar surface area (TPSA) is 52.6 Å². The van der Waals surface area contributed by atoms with Crippen molar-refractivity contribution in [2.45, 2.75) is 19.8 Å². The van der Waals surface area contributed by atoms with Gasteiger partial charge in [-0.2, -0.15) is 0 Å². The molecule has 0 aliphatic rings. The highest BCUT2D eigenvalue weighted by atomic mass is 16.5. The van der Waals surface area contributed by atoms with Gasteiger partial charge in [-0.15, -0.1) is 6.58 Å². The van der Waals surface area contributed by atoms with E-state index in [4.69, 9.17) is 0 Å². The summed E-state index contributed by atoms with van der Waals surface area (Å²) in [6.45, 7) is 5.10. The van der Waals surface area contributed by atoms with E-state index >= 15 is 0 Å². The average molecular weight is 188 g/mol. The van der Waals surface area contributed by atoms with Crippen molar-refractivity contribution < 1.29 is 19.1 Å². The van der Waals surface area contributed by atoms with E-state index < -0.39 is 0 Å². The predicted octanol–water partition coefficient (Wildman–Crippen LogP) is 1.30. The number of carbonyl (C=O) groups is 2. The molecule has 0 atom stereocenters. The van der Waals surface area contributed by atoms with E-state index in [9.17, 15) is 9.59 Å². The summed E-state index contributed by atoms with van der Waals surface area (Å²) in [7, 11) is 2.73. The van der Waals surface area contributed by atoms with E-state index in [-0.39, 0.29) is 11.9 Å². The summed E-state index contributed by atoms with van der Waals surface area (Å²) >= 11 is 0. The van der Waals surface area contributed by atoms with Crippen LogP contribution in [0.3, 0.4) is 0 Å². The molecule has 0 saturated heterocycles. The summed E-state index contributed by atoms with van der Waals surface area (Å²) in [5.41, 5.74) is 0. The van der Waals surface area contributed by atoms with Crippen molar-refractivity contribution in [1.82, 2.24) is 0 Å². The first-order valence-electron chi connectivity index (χ1n) is 3.86. The summed E-state index contributed by atoms with van der Waals surface area (Å²) in [6, 6.07) is 0. The molecule has 0 rings (SSSR count). The zero-order chi connectivity index (χ0) is 10.7. The molecule has 0 aromatic heterocycles. The molecule has 0 N–H and O–H groups in total. The Morgan fingerprint density at radius 2 is 1.69 bits per heavy atom. The number of hydrogen-bond donors (Lipinski definition) is 0. The van der Waals surface area contributed by atoms with Crippen molar-refractivity contribution in [3.8, 4) is 0 Å². The summed E-state index contributed by atoms with van der Waals surface area (Å²) in [4.78, 5) is 20.1. The first-order valence-corrected chi connectivity index (χ1v) is 3.86. The van der Waals surface area contributed by atoms with Crippen LogP contribution in [0.1, 0.15) is 19.8 Å². The molecule has 0 aliphatic carbocycles. The normalized spacial score (nSPS) is 7.62. The maximum atomic E-state index is 10.1. The molecule has 0 aromatic rings. The van der Waals surface area contributed by atoms with Crippen molar-refractivity contribution in [1.29, 1.82) is 0 Å². The molecule has 4 heteroatoms. The van der Waals surface area contributed by atoms with Crippen molar-refractivity contribution in [2.75, 3.05) is 14.2 Å². The second-order valence-electron chi connectivity index (χ2n) is 2.00. The number of methoxy groups -OCH3 is 2. The van der Waals surface area contributed by atoms with E-state index in [1.165, 1.54) is 20.3 Å². The van der Waals surface area contributed by atoms with Crippen LogP contribution in [0.15, 0.2) is 12.7 Å². The third kappa shape index (κ3) is 13.6. The predicted molar refractivity (Wildman–Crippen MR) is 49.1 cm³/mol. The van der Waals surface area contributed by atoms with Crippen LogP contribution in [0.2, 0.25) is 0 Å². The molecule has 0 unspecified atom stereocenters. The lowest BCUT2D eigenvalue weighted by atomic mass is 10.4. The van der Waals surface area contributed by atoms with Gasteiger partial charge in [0.15, 0.2) is 0 Å².